The third-order valence-electron chi connectivity index (χ3n) is 3.33. The molecule has 0 aliphatic heterocycles. The SMILES string of the molecule is NC(=O)c1cc(-c2ccc(-c3ccccc3C=O)cc2)no1. The molecule has 1 aromatic heterocycles. The van der Waals surface area contributed by atoms with Crippen molar-refractivity contribution in [1.82, 2.24) is 5.16 Å². The fourth-order valence-electron chi connectivity index (χ4n) is 2.21. The molecule has 0 spiro atoms. The summed E-state index contributed by atoms with van der Waals surface area (Å²) >= 11 is 0. The minimum atomic E-state index is -0.657. The lowest BCUT2D eigenvalue weighted by molar-refractivity contribution is 0.0964. The third kappa shape index (κ3) is 2.52. The fraction of sp³-hybridized carbons (Fsp3) is 0. The van der Waals surface area contributed by atoms with Crippen molar-refractivity contribution in [1.29, 1.82) is 0 Å². The van der Waals surface area contributed by atoms with Crippen LogP contribution in [0.4, 0.5) is 0 Å². The van der Waals surface area contributed by atoms with Crippen LogP contribution in [0.5, 0.6) is 0 Å². The molecule has 0 aliphatic carbocycles. The number of hydrogen-bond acceptors (Lipinski definition) is 4. The van der Waals surface area contributed by atoms with Crippen molar-refractivity contribution >= 4 is 12.2 Å². The van der Waals surface area contributed by atoms with Crippen LogP contribution >= 0.6 is 0 Å². The van der Waals surface area contributed by atoms with Gasteiger partial charge in [0.25, 0.3) is 5.91 Å². The summed E-state index contributed by atoms with van der Waals surface area (Å²) in [4.78, 5) is 22.1. The maximum Gasteiger partial charge on any atom is 0.287 e. The zero-order chi connectivity index (χ0) is 15.5. The maximum absolute atomic E-state index is 11.1. The summed E-state index contributed by atoms with van der Waals surface area (Å²) in [5, 5.41) is 3.81. The van der Waals surface area contributed by atoms with Crippen molar-refractivity contribution in [3.8, 4) is 22.4 Å². The fourth-order valence-corrected chi connectivity index (χ4v) is 2.21. The smallest absolute Gasteiger partial charge is 0.287 e. The Morgan fingerprint density at radius 3 is 2.36 bits per heavy atom. The lowest BCUT2D eigenvalue weighted by Crippen LogP contribution is -2.09. The molecule has 22 heavy (non-hydrogen) atoms. The van der Waals surface area contributed by atoms with Gasteiger partial charge in [-0.15, -0.1) is 0 Å². The minimum Gasteiger partial charge on any atom is -0.363 e. The molecule has 5 heteroatoms. The summed E-state index contributed by atoms with van der Waals surface area (Å²) in [6.07, 6.45) is 0.833. The van der Waals surface area contributed by atoms with E-state index in [1.54, 1.807) is 6.07 Å². The van der Waals surface area contributed by atoms with Gasteiger partial charge in [0.05, 0.1) is 0 Å². The Morgan fingerprint density at radius 1 is 1.05 bits per heavy atom. The monoisotopic (exact) mass is 292 g/mol. The highest BCUT2D eigenvalue weighted by Crippen LogP contribution is 2.26. The van der Waals surface area contributed by atoms with Crippen LogP contribution in [-0.4, -0.2) is 17.4 Å². The lowest BCUT2D eigenvalue weighted by atomic mass is 9.99. The Kier molecular flexibility index (Phi) is 3.53. The molecule has 3 rings (SSSR count). The van der Waals surface area contributed by atoms with E-state index in [2.05, 4.69) is 5.16 Å². The van der Waals surface area contributed by atoms with Crippen LogP contribution in [0.1, 0.15) is 20.9 Å². The van der Waals surface area contributed by atoms with Gasteiger partial charge in [0.15, 0.2) is 6.29 Å². The van der Waals surface area contributed by atoms with Crippen LogP contribution in [0.25, 0.3) is 22.4 Å². The number of nitrogens with zero attached hydrogens (tertiary/aromatic N) is 1. The molecule has 0 radical (unpaired) electrons. The molecular formula is C17H12N2O3. The molecular weight excluding hydrogens is 280 g/mol. The van der Waals surface area contributed by atoms with Gasteiger partial charge in [-0.05, 0) is 11.1 Å². The first kappa shape index (κ1) is 13.8. The van der Waals surface area contributed by atoms with Crippen LogP contribution in [-0.2, 0) is 0 Å². The first-order chi connectivity index (χ1) is 10.7. The van der Waals surface area contributed by atoms with Gasteiger partial charge in [-0.2, -0.15) is 0 Å². The quantitative estimate of drug-likeness (QED) is 0.749. The molecule has 0 fully saturated rings. The van der Waals surface area contributed by atoms with Crippen LogP contribution < -0.4 is 5.73 Å². The van der Waals surface area contributed by atoms with Crippen LogP contribution in [0.3, 0.4) is 0 Å². The summed E-state index contributed by atoms with van der Waals surface area (Å²) in [6, 6.07) is 16.3. The molecule has 5 nitrogen and oxygen atoms in total. The highest BCUT2D eigenvalue weighted by molar-refractivity contribution is 5.91. The normalized spacial score (nSPS) is 10.4. The molecule has 1 amide bonds. The lowest BCUT2D eigenvalue weighted by Gasteiger charge is -2.05. The number of rotatable bonds is 4. The van der Waals surface area contributed by atoms with Crippen molar-refractivity contribution < 1.29 is 14.1 Å². The van der Waals surface area contributed by atoms with E-state index >= 15 is 0 Å². The first-order valence-corrected chi connectivity index (χ1v) is 6.60. The maximum atomic E-state index is 11.1. The summed E-state index contributed by atoms with van der Waals surface area (Å²) in [5.74, 6) is -0.638. The molecule has 1 heterocycles. The number of benzene rings is 2. The second kappa shape index (κ2) is 5.65. The minimum absolute atomic E-state index is 0.0189. The molecule has 0 saturated carbocycles. The number of hydrogen-bond donors (Lipinski definition) is 1. The number of nitrogens with two attached hydrogens (primary N) is 1. The van der Waals surface area contributed by atoms with E-state index in [0.717, 1.165) is 23.0 Å². The van der Waals surface area contributed by atoms with Gasteiger partial charge in [0.2, 0.25) is 5.76 Å². The highest BCUT2D eigenvalue weighted by Gasteiger charge is 2.11. The van der Waals surface area contributed by atoms with Crippen LogP contribution in [0, 0.1) is 0 Å². The molecule has 0 aliphatic rings. The van der Waals surface area contributed by atoms with Gasteiger partial charge >= 0.3 is 0 Å². The topological polar surface area (TPSA) is 86.2 Å². The van der Waals surface area contributed by atoms with E-state index in [-0.39, 0.29) is 5.76 Å². The van der Waals surface area contributed by atoms with Gasteiger partial charge in [-0.25, -0.2) is 0 Å². The summed E-state index contributed by atoms with van der Waals surface area (Å²) < 4.78 is 4.86. The summed E-state index contributed by atoms with van der Waals surface area (Å²) in [5.41, 5.74) is 8.87. The number of carbonyl (C=O) groups is 2. The molecule has 0 unspecified atom stereocenters. The van der Waals surface area contributed by atoms with Crippen molar-refractivity contribution in [2.24, 2.45) is 5.73 Å². The highest BCUT2D eigenvalue weighted by atomic mass is 16.5. The van der Waals surface area contributed by atoms with E-state index < -0.39 is 5.91 Å². The van der Waals surface area contributed by atoms with E-state index in [1.165, 1.54) is 6.07 Å². The van der Waals surface area contributed by atoms with Crippen LogP contribution in [0.15, 0.2) is 59.1 Å². The summed E-state index contributed by atoms with van der Waals surface area (Å²) in [6.45, 7) is 0. The molecule has 2 aromatic carbocycles. The number of aldehydes is 1. The summed E-state index contributed by atoms with van der Waals surface area (Å²) in [7, 11) is 0. The van der Waals surface area contributed by atoms with Gasteiger partial charge in [-0.3, -0.25) is 9.59 Å². The number of primary amides is 1. The van der Waals surface area contributed by atoms with E-state index in [9.17, 15) is 9.59 Å². The second-order valence-electron chi connectivity index (χ2n) is 4.72. The number of aromatic nitrogens is 1. The van der Waals surface area contributed by atoms with Gasteiger partial charge in [-0.1, -0.05) is 53.7 Å². The predicted octanol–water partition coefficient (Wildman–Crippen LogP) is 2.92. The third-order valence-corrected chi connectivity index (χ3v) is 3.33. The van der Waals surface area contributed by atoms with E-state index in [0.29, 0.717) is 11.3 Å². The molecule has 2 N–H and O–H groups in total. The average Bonchev–Trinajstić information content (AvgIpc) is 3.05. The van der Waals surface area contributed by atoms with Crippen molar-refractivity contribution in [2.75, 3.05) is 0 Å². The average molecular weight is 292 g/mol. The zero-order valence-electron chi connectivity index (χ0n) is 11.5. The van der Waals surface area contributed by atoms with E-state index in [1.807, 2.05) is 42.5 Å². The number of carbonyl (C=O) groups excluding carboxylic acids is 2. The first-order valence-electron chi connectivity index (χ1n) is 6.60. The predicted molar refractivity (Wildman–Crippen MR) is 81.3 cm³/mol. The standard InChI is InChI=1S/C17H12N2O3/c18-17(21)16-9-15(19-22-16)12-7-5-11(6-8-12)14-4-2-1-3-13(14)10-20/h1-10H,(H2,18,21). The molecule has 108 valence electrons. The molecule has 3 aromatic rings. The Morgan fingerprint density at radius 2 is 1.73 bits per heavy atom. The zero-order valence-corrected chi connectivity index (χ0v) is 11.5. The van der Waals surface area contributed by atoms with Crippen molar-refractivity contribution in [2.45, 2.75) is 0 Å². The van der Waals surface area contributed by atoms with Gasteiger partial charge < -0.3 is 10.3 Å². The van der Waals surface area contributed by atoms with Crippen molar-refractivity contribution in [3.05, 3.63) is 65.9 Å². The largest absolute Gasteiger partial charge is 0.363 e. The van der Waals surface area contributed by atoms with Crippen LogP contribution in [0.2, 0.25) is 0 Å². The Hall–Kier alpha value is -3.21. The molecule has 0 saturated heterocycles. The Labute approximate surface area is 126 Å². The van der Waals surface area contributed by atoms with Gasteiger partial charge in [0, 0.05) is 17.2 Å². The van der Waals surface area contributed by atoms with Gasteiger partial charge in [0.1, 0.15) is 5.69 Å². The Bertz CT molecular complexity index is 835. The number of amides is 1. The second-order valence-corrected chi connectivity index (χ2v) is 4.72. The van der Waals surface area contributed by atoms with E-state index in [4.69, 9.17) is 10.3 Å². The van der Waals surface area contributed by atoms with Crippen molar-refractivity contribution in [3.63, 3.8) is 0 Å². The molecule has 0 bridgehead atoms. The molecule has 0 atom stereocenters. The Balaban J connectivity index is 1.95.